The number of ether oxygens (including phenoxy) is 2. The molecule has 0 bridgehead atoms. The number of nitrogens with zero attached hydrogens (tertiary/aromatic N) is 2. The second-order valence-corrected chi connectivity index (χ2v) is 7.17. The molecule has 2 heterocycles. The van der Waals surface area contributed by atoms with Crippen LogP contribution in [0.15, 0.2) is 0 Å². The summed E-state index contributed by atoms with van der Waals surface area (Å²) in [5, 5.41) is 0. The van der Waals surface area contributed by atoms with Gasteiger partial charge < -0.3 is 14.4 Å². The summed E-state index contributed by atoms with van der Waals surface area (Å²) in [5.41, 5.74) is 0. The molecule has 2 saturated heterocycles. The van der Waals surface area contributed by atoms with E-state index in [-0.39, 0.29) is 12.0 Å². The van der Waals surface area contributed by atoms with Gasteiger partial charge in [-0.3, -0.25) is 9.69 Å². The van der Waals surface area contributed by atoms with Crippen LogP contribution in [0.5, 0.6) is 0 Å². The van der Waals surface area contributed by atoms with Crippen molar-refractivity contribution >= 4 is 5.91 Å². The highest BCUT2D eigenvalue weighted by molar-refractivity contribution is 5.80. The maximum Gasteiger partial charge on any atom is 0.251 e. The molecule has 134 valence electrons. The Balaban J connectivity index is 1.67. The van der Waals surface area contributed by atoms with Gasteiger partial charge in [0.15, 0.2) is 0 Å². The van der Waals surface area contributed by atoms with Crippen LogP contribution in [0.4, 0.5) is 0 Å². The molecule has 0 spiro atoms. The Hall–Kier alpha value is -0.650. The molecule has 0 saturated carbocycles. The lowest BCUT2D eigenvalue weighted by molar-refractivity contribution is -0.143. The van der Waals surface area contributed by atoms with E-state index >= 15 is 0 Å². The van der Waals surface area contributed by atoms with Crippen molar-refractivity contribution in [3.8, 4) is 0 Å². The summed E-state index contributed by atoms with van der Waals surface area (Å²) >= 11 is 0. The molecule has 0 N–H and O–H groups in total. The fourth-order valence-corrected chi connectivity index (χ4v) is 3.85. The summed E-state index contributed by atoms with van der Waals surface area (Å²) in [6, 6.07) is 0. The third-order valence-corrected chi connectivity index (χ3v) is 5.04. The topological polar surface area (TPSA) is 42.0 Å². The molecule has 0 aromatic rings. The van der Waals surface area contributed by atoms with Gasteiger partial charge >= 0.3 is 0 Å². The van der Waals surface area contributed by atoms with E-state index in [0.717, 1.165) is 51.5 Å². The number of hydrogen-bond acceptors (Lipinski definition) is 4. The molecule has 0 unspecified atom stereocenters. The second-order valence-electron chi connectivity index (χ2n) is 7.17. The Morgan fingerprint density at radius 1 is 1.22 bits per heavy atom. The average molecular weight is 326 g/mol. The molecule has 0 aromatic heterocycles. The van der Waals surface area contributed by atoms with E-state index in [1.165, 1.54) is 6.42 Å². The van der Waals surface area contributed by atoms with E-state index in [4.69, 9.17) is 9.47 Å². The Kier molecular flexibility index (Phi) is 7.31. The van der Waals surface area contributed by atoms with E-state index in [9.17, 15) is 4.79 Å². The van der Waals surface area contributed by atoms with Crippen LogP contribution in [-0.4, -0.2) is 73.3 Å². The zero-order chi connectivity index (χ0) is 16.8. The summed E-state index contributed by atoms with van der Waals surface area (Å²) in [5.74, 6) is 0.899. The molecule has 5 heteroatoms. The first kappa shape index (κ1) is 18.7. The minimum Gasteiger partial charge on any atom is -0.373 e. The molecule has 0 aromatic carbocycles. The molecule has 2 aliphatic heterocycles. The molecule has 23 heavy (non-hydrogen) atoms. The normalized spacial score (nSPS) is 28.8. The Morgan fingerprint density at radius 3 is 2.39 bits per heavy atom. The van der Waals surface area contributed by atoms with Crippen LogP contribution in [0.1, 0.15) is 47.0 Å². The second kappa shape index (κ2) is 9.00. The fraction of sp³-hybridized carbons (Fsp3) is 0.944. The van der Waals surface area contributed by atoms with Crippen molar-refractivity contribution < 1.29 is 14.3 Å². The van der Waals surface area contributed by atoms with E-state index in [1.54, 1.807) is 0 Å². The smallest absolute Gasteiger partial charge is 0.251 e. The fourth-order valence-electron chi connectivity index (χ4n) is 3.85. The van der Waals surface area contributed by atoms with Gasteiger partial charge in [-0.05, 0) is 59.4 Å². The molecule has 0 radical (unpaired) electrons. The number of rotatable bonds is 6. The van der Waals surface area contributed by atoms with Gasteiger partial charge in [0.2, 0.25) is 0 Å². The predicted molar refractivity (Wildman–Crippen MR) is 91.5 cm³/mol. The largest absolute Gasteiger partial charge is 0.373 e. The van der Waals surface area contributed by atoms with Crippen LogP contribution in [0.2, 0.25) is 0 Å². The molecule has 2 fully saturated rings. The van der Waals surface area contributed by atoms with Gasteiger partial charge in [-0.15, -0.1) is 0 Å². The highest BCUT2D eigenvalue weighted by Gasteiger charge is 2.27. The monoisotopic (exact) mass is 326 g/mol. The van der Waals surface area contributed by atoms with Crippen LogP contribution in [0.3, 0.4) is 0 Å². The number of morpholine rings is 1. The van der Waals surface area contributed by atoms with Crippen molar-refractivity contribution in [3.63, 3.8) is 0 Å². The van der Waals surface area contributed by atoms with Crippen molar-refractivity contribution in [3.05, 3.63) is 0 Å². The summed E-state index contributed by atoms with van der Waals surface area (Å²) < 4.78 is 11.2. The van der Waals surface area contributed by atoms with Crippen molar-refractivity contribution in [2.45, 2.75) is 65.3 Å². The number of piperidine rings is 1. The summed E-state index contributed by atoms with van der Waals surface area (Å²) in [6.45, 7) is 13.7. The highest BCUT2D eigenvalue weighted by atomic mass is 16.5. The van der Waals surface area contributed by atoms with E-state index in [1.807, 2.05) is 18.7 Å². The van der Waals surface area contributed by atoms with Crippen LogP contribution in [-0.2, 0) is 14.3 Å². The third kappa shape index (κ3) is 5.73. The number of carbonyl (C=O) groups is 1. The molecule has 0 aliphatic carbocycles. The van der Waals surface area contributed by atoms with Crippen LogP contribution >= 0.6 is 0 Å². The quantitative estimate of drug-likeness (QED) is 0.750. The van der Waals surface area contributed by atoms with Gasteiger partial charge in [-0.2, -0.15) is 0 Å². The van der Waals surface area contributed by atoms with Gasteiger partial charge in [-0.1, -0.05) is 0 Å². The molecule has 1 amide bonds. The number of hydrogen-bond donors (Lipinski definition) is 0. The summed E-state index contributed by atoms with van der Waals surface area (Å²) in [4.78, 5) is 16.8. The zero-order valence-corrected chi connectivity index (χ0v) is 15.3. The molecule has 3 atom stereocenters. The van der Waals surface area contributed by atoms with E-state index in [0.29, 0.717) is 18.8 Å². The van der Waals surface area contributed by atoms with Crippen molar-refractivity contribution in [2.75, 3.05) is 39.3 Å². The van der Waals surface area contributed by atoms with Crippen molar-refractivity contribution in [1.29, 1.82) is 0 Å². The minimum atomic E-state index is -0.298. The van der Waals surface area contributed by atoms with Gasteiger partial charge in [-0.25, -0.2) is 0 Å². The van der Waals surface area contributed by atoms with Crippen molar-refractivity contribution in [2.24, 2.45) is 5.92 Å². The van der Waals surface area contributed by atoms with Gasteiger partial charge in [0, 0.05) is 32.8 Å². The van der Waals surface area contributed by atoms with Gasteiger partial charge in [0.05, 0.1) is 12.2 Å². The maximum atomic E-state index is 12.3. The maximum absolute atomic E-state index is 12.3. The lowest BCUT2D eigenvalue weighted by Crippen LogP contribution is -2.47. The average Bonchev–Trinajstić information content (AvgIpc) is 2.52. The zero-order valence-electron chi connectivity index (χ0n) is 15.3. The first-order chi connectivity index (χ1) is 11.0. The lowest BCUT2D eigenvalue weighted by Gasteiger charge is -2.37. The molecular weight excluding hydrogens is 292 g/mol. The van der Waals surface area contributed by atoms with Crippen molar-refractivity contribution in [1.82, 2.24) is 9.80 Å². The molecule has 2 rings (SSSR count). The first-order valence-corrected chi connectivity index (χ1v) is 9.27. The Morgan fingerprint density at radius 2 is 1.83 bits per heavy atom. The SMILES string of the molecule is CCO[C@@H](C)C(=O)N1CCC(CCN2C[C@@H](C)O[C@@H](C)C2)CC1. The predicted octanol–water partition coefficient (Wildman–Crippen LogP) is 2.15. The van der Waals surface area contributed by atoms with Gasteiger partial charge in [0.1, 0.15) is 6.10 Å². The van der Waals surface area contributed by atoms with E-state index in [2.05, 4.69) is 18.7 Å². The summed E-state index contributed by atoms with van der Waals surface area (Å²) in [7, 11) is 0. The van der Waals surface area contributed by atoms with Crippen LogP contribution in [0, 0.1) is 5.92 Å². The lowest BCUT2D eigenvalue weighted by atomic mass is 9.93. The standard InChI is InChI=1S/C18H34N2O3/c1-5-22-16(4)18(21)20-10-7-17(8-11-20)6-9-19-12-14(2)23-15(3)13-19/h14-17H,5-13H2,1-4H3/t14-,15+,16-/m0/s1. The molecule has 2 aliphatic rings. The van der Waals surface area contributed by atoms with Crippen LogP contribution < -0.4 is 0 Å². The van der Waals surface area contributed by atoms with Crippen LogP contribution in [0.25, 0.3) is 0 Å². The third-order valence-electron chi connectivity index (χ3n) is 5.04. The Bertz CT molecular complexity index is 359. The molecular formula is C18H34N2O3. The first-order valence-electron chi connectivity index (χ1n) is 9.27. The Labute approximate surface area is 141 Å². The van der Waals surface area contributed by atoms with Gasteiger partial charge in [0.25, 0.3) is 5.91 Å². The highest BCUT2D eigenvalue weighted by Crippen LogP contribution is 2.22. The number of amides is 1. The molecule has 5 nitrogen and oxygen atoms in total. The number of likely N-dealkylation sites (tertiary alicyclic amines) is 1. The minimum absolute atomic E-state index is 0.154. The summed E-state index contributed by atoms with van der Waals surface area (Å²) in [6.07, 6.45) is 3.88. The van der Waals surface area contributed by atoms with E-state index < -0.39 is 0 Å². The number of carbonyl (C=O) groups excluding carboxylic acids is 1.